The Kier molecular flexibility index (Phi) is 4.13. The van der Waals surface area contributed by atoms with Crippen LogP contribution in [0.1, 0.15) is 5.56 Å². The first-order valence-corrected chi connectivity index (χ1v) is 7.36. The molecule has 0 radical (unpaired) electrons. The van der Waals surface area contributed by atoms with Crippen molar-refractivity contribution in [2.75, 3.05) is 7.05 Å². The third kappa shape index (κ3) is 3.37. The Morgan fingerprint density at radius 3 is 2.52 bits per heavy atom. The van der Waals surface area contributed by atoms with Gasteiger partial charge in [0.25, 0.3) is 0 Å². The van der Waals surface area contributed by atoms with Crippen LogP contribution in [-0.2, 0) is 6.54 Å². The molecule has 3 rings (SSSR count). The summed E-state index contributed by atoms with van der Waals surface area (Å²) in [5.41, 5.74) is 1.02. The molecule has 0 amide bonds. The topological polar surface area (TPSA) is 47.0 Å². The molecular formula is C16H14BrN3O. The highest BCUT2D eigenvalue weighted by Crippen LogP contribution is 2.26. The molecule has 0 fully saturated rings. The summed E-state index contributed by atoms with van der Waals surface area (Å²) >= 11 is 3.47. The minimum atomic E-state index is 0.353. The van der Waals surface area contributed by atoms with E-state index in [1.165, 1.54) is 0 Å². The maximum absolute atomic E-state index is 5.70. The summed E-state index contributed by atoms with van der Waals surface area (Å²) in [6.07, 6.45) is 3.52. The van der Waals surface area contributed by atoms with Crippen molar-refractivity contribution in [3.05, 3.63) is 58.8 Å². The maximum Gasteiger partial charge on any atom is 0.321 e. The van der Waals surface area contributed by atoms with Crippen LogP contribution in [0.2, 0.25) is 0 Å². The van der Waals surface area contributed by atoms with Crippen molar-refractivity contribution < 1.29 is 4.74 Å². The van der Waals surface area contributed by atoms with Crippen LogP contribution >= 0.6 is 15.9 Å². The van der Waals surface area contributed by atoms with Gasteiger partial charge in [0.05, 0.1) is 0 Å². The Hall–Kier alpha value is -1.98. The van der Waals surface area contributed by atoms with Gasteiger partial charge in [-0.25, -0.2) is 9.97 Å². The zero-order valence-electron chi connectivity index (χ0n) is 11.5. The second-order valence-electron chi connectivity index (χ2n) is 4.66. The SMILES string of the molecule is CNCc1cnc(Oc2ccc3cc(Br)ccc3c2)nc1. The summed E-state index contributed by atoms with van der Waals surface area (Å²) in [7, 11) is 1.89. The molecule has 4 nitrogen and oxygen atoms in total. The van der Waals surface area contributed by atoms with Crippen LogP contribution in [0.3, 0.4) is 0 Å². The molecule has 0 aliphatic rings. The molecule has 106 valence electrons. The Morgan fingerprint density at radius 1 is 1.05 bits per heavy atom. The molecule has 3 aromatic rings. The van der Waals surface area contributed by atoms with Gasteiger partial charge in [-0.2, -0.15) is 0 Å². The average molecular weight is 344 g/mol. The number of nitrogens with zero attached hydrogens (tertiary/aromatic N) is 2. The molecule has 0 aliphatic heterocycles. The number of hydrogen-bond donors (Lipinski definition) is 1. The number of fused-ring (bicyclic) bond motifs is 1. The van der Waals surface area contributed by atoms with Crippen molar-refractivity contribution in [3.8, 4) is 11.8 Å². The maximum atomic E-state index is 5.70. The van der Waals surface area contributed by atoms with Gasteiger partial charge in [0, 0.05) is 29.0 Å². The summed E-state index contributed by atoms with van der Waals surface area (Å²) < 4.78 is 6.76. The lowest BCUT2D eigenvalue weighted by molar-refractivity contribution is 0.441. The fraction of sp³-hybridized carbons (Fsp3) is 0.125. The summed E-state index contributed by atoms with van der Waals surface area (Å²) in [6, 6.07) is 12.4. The van der Waals surface area contributed by atoms with Gasteiger partial charge < -0.3 is 10.1 Å². The highest BCUT2D eigenvalue weighted by atomic mass is 79.9. The molecule has 21 heavy (non-hydrogen) atoms. The first-order valence-electron chi connectivity index (χ1n) is 6.57. The number of halogens is 1. The Balaban J connectivity index is 1.82. The van der Waals surface area contributed by atoms with Crippen LogP contribution in [-0.4, -0.2) is 17.0 Å². The van der Waals surface area contributed by atoms with Crippen molar-refractivity contribution in [3.63, 3.8) is 0 Å². The van der Waals surface area contributed by atoms with Gasteiger partial charge in [-0.3, -0.25) is 0 Å². The van der Waals surface area contributed by atoms with E-state index in [4.69, 9.17) is 4.74 Å². The predicted octanol–water partition coefficient (Wildman–Crippen LogP) is 3.90. The molecule has 0 unspecified atom stereocenters. The van der Waals surface area contributed by atoms with Gasteiger partial charge in [0.2, 0.25) is 0 Å². The van der Waals surface area contributed by atoms with Crippen molar-refractivity contribution >= 4 is 26.7 Å². The largest absolute Gasteiger partial charge is 0.424 e. The first-order chi connectivity index (χ1) is 10.2. The van der Waals surface area contributed by atoms with Crippen molar-refractivity contribution in [2.24, 2.45) is 0 Å². The van der Waals surface area contributed by atoms with Gasteiger partial charge in [0.15, 0.2) is 0 Å². The minimum Gasteiger partial charge on any atom is -0.424 e. The smallest absolute Gasteiger partial charge is 0.321 e. The third-order valence-corrected chi connectivity index (χ3v) is 3.54. The molecule has 0 bridgehead atoms. The van der Waals surface area contributed by atoms with E-state index in [0.29, 0.717) is 6.01 Å². The Morgan fingerprint density at radius 2 is 1.76 bits per heavy atom. The van der Waals surface area contributed by atoms with E-state index >= 15 is 0 Å². The van der Waals surface area contributed by atoms with Crippen LogP contribution in [0.25, 0.3) is 10.8 Å². The highest BCUT2D eigenvalue weighted by molar-refractivity contribution is 9.10. The van der Waals surface area contributed by atoms with Crippen LogP contribution in [0.15, 0.2) is 53.3 Å². The molecule has 2 aromatic carbocycles. The Labute approximate surface area is 131 Å². The molecule has 0 saturated carbocycles. The molecule has 0 atom stereocenters. The molecule has 0 aliphatic carbocycles. The number of hydrogen-bond acceptors (Lipinski definition) is 4. The Bertz CT molecular complexity index is 759. The lowest BCUT2D eigenvalue weighted by Gasteiger charge is -2.06. The number of aromatic nitrogens is 2. The van der Waals surface area contributed by atoms with E-state index in [-0.39, 0.29) is 0 Å². The third-order valence-electron chi connectivity index (χ3n) is 3.05. The minimum absolute atomic E-state index is 0.353. The van der Waals surface area contributed by atoms with Crippen LogP contribution in [0.4, 0.5) is 0 Å². The molecule has 1 heterocycles. The monoisotopic (exact) mass is 343 g/mol. The number of nitrogens with one attached hydrogen (secondary N) is 1. The van der Waals surface area contributed by atoms with E-state index in [9.17, 15) is 0 Å². The summed E-state index contributed by atoms with van der Waals surface area (Å²) in [6.45, 7) is 0.741. The van der Waals surface area contributed by atoms with E-state index in [1.807, 2.05) is 37.4 Å². The zero-order chi connectivity index (χ0) is 14.7. The standard InChI is InChI=1S/C16H14BrN3O/c1-18-8-11-9-19-16(20-10-11)21-15-5-3-12-6-14(17)4-2-13(12)7-15/h2-7,9-10,18H,8H2,1H3. The van der Waals surface area contributed by atoms with Crippen molar-refractivity contribution in [1.82, 2.24) is 15.3 Å². The molecule has 5 heteroatoms. The number of ether oxygens (including phenoxy) is 1. The normalized spacial score (nSPS) is 10.8. The quantitative estimate of drug-likeness (QED) is 0.780. The second-order valence-corrected chi connectivity index (χ2v) is 5.58. The van der Waals surface area contributed by atoms with Crippen LogP contribution in [0.5, 0.6) is 11.8 Å². The summed E-state index contributed by atoms with van der Waals surface area (Å²) in [5.74, 6) is 0.728. The second kappa shape index (κ2) is 6.20. The molecule has 0 spiro atoms. The fourth-order valence-corrected chi connectivity index (χ4v) is 2.43. The average Bonchev–Trinajstić information content (AvgIpc) is 2.50. The van der Waals surface area contributed by atoms with Gasteiger partial charge in [0.1, 0.15) is 5.75 Å². The highest BCUT2D eigenvalue weighted by Gasteiger charge is 2.03. The van der Waals surface area contributed by atoms with E-state index in [2.05, 4.69) is 37.3 Å². The van der Waals surface area contributed by atoms with Gasteiger partial charge in [-0.1, -0.05) is 28.1 Å². The summed E-state index contributed by atoms with van der Waals surface area (Å²) in [4.78, 5) is 8.41. The fourth-order valence-electron chi connectivity index (χ4n) is 2.05. The van der Waals surface area contributed by atoms with Crippen molar-refractivity contribution in [1.29, 1.82) is 0 Å². The molecule has 0 saturated heterocycles. The number of benzene rings is 2. The van der Waals surface area contributed by atoms with E-state index in [0.717, 1.165) is 33.1 Å². The van der Waals surface area contributed by atoms with Crippen molar-refractivity contribution in [2.45, 2.75) is 6.54 Å². The van der Waals surface area contributed by atoms with E-state index in [1.54, 1.807) is 12.4 Å². The van der Waals surface area contributed by atoms with Crippen LogP contribution < -0.4 is 10.1 Å². The molecule has 1 N–H and O–H groups in total. The predicted molar refractivity (Wildman–Crippen MR) is 86.5 cm³/mol. The summed E-state index contributed by atoms with van der Waals surface area (Å²) in [5, 5.41) is 5.32. The lowest BCUT2D eigenvalue weighted by atomic mass is 10.1. The van der Waals surface area contributed by atoms with Crippen LogP contribution in [0, 0.1) is 0 Å². The molecular weight excluding hydrogens is 330 g/mol. The molecule has 1 aromatic heterocycles. The van der Waals surface area contributed by atoms with Gasteiger partial charge >= 0.3 is 6.01 Å². The lowest BCUT2D eigenvalue weighted by Crippen LogP contribution is -2.06. The van der Waals surface area contributed by atoms with E-state index < -0.39 is 0 Å². The zero-order valence-corrected chi connectivity index (χ0v) is 13.1. The first kappa shape index (κ1) is 14.0. The van der Waals surface area contributed by atoms with Gasteiger partial charge in [-0.05, 0) is 42.1 Å². The number of rotatable bonds is 4. The van der Waals surface area contributed by atoms with Gasteiger partial charge in [-0.15, -0.1) is 0 Å².